The lowest BCUT2D eigenvalue weighted by Crippen LogP contribution is -2.24. The van der Waals surface area contributed by atoms with Crippen LogP contribution < -0.4 is 4.74 Å². The van der Waals surface area contributed by atoms with Crippen LogP contribution in [0.15, 0.2) is 22.7 Å². The van der Waals surface area contributed by atoms with Crippen LogP contribution in [0, 0.1) is 5.92 Å². The highest BCUT2D eigenvalue weighted by atomic mass is 79.9. The minimum absolute atomic E-state index is 0.151. The van der Waals surface area contributed by atoms with Crippen LogP contribution in [0.3, 0.4) is 0 Å². The molecular formula is C15H21BrO. The maximum Gasteiger partial charge on any atom is 0.137 e. The third-order valence-corrected chi connectivity index (χ3v) is 3.85. The zero-order valence-corrected chi connectivity index (χ0v) is 12.7. The third-order valence-electron chi connectivity index (χ3n) is 3.23. The Morgan fingerprint density at radius 3 is 2.47 bits per heavy atom. The van der Waals surface area contributed by atoms with Gasteiger partial charge in [-0.1, -0.05) is 19.1 Å². The standard InChI is InChI=1S/C15H21BrO/c1-10(11-8-9-11)12-6-5-7-13(16)14(12)17-15(2,3)4/h5-7,10-11H,8-9H2,1-4H3. The Labute approximate surface area is 113 Å². The van der Waals surface area contributed by atoms with Gasteiger partial charge < -0.3 is 4.74 Å². The summed E-state index contributed by atoms with van der Waals surface area (Å²) in [5.74, 6) is 2.48. The Bertz CT molecular complexity index is 402. The van der Waals surface area contributed by atoms with Crippen molar-refractivity contribution in [3.63, 3.8) is 0 Å². The highest BCUT2D eigenvalue weighted by Gasteiger charge is 2.31. The van der Waals surface area contributed by atoms with Crippen molar-refractivity contribution in [2.45, 2.75) is 52.1 Å². The number of benzene rings is 1. The molecular weight excluding hydrogens is 276 g/mol. The summed E-state index contributed by atoms with van der Waals surface area (Å²) in [5, 5.41) is 0. The fourth-order valence-corrected chi connectivity index (χ4v) is 2.61. The zero-order chi connectivity index (χ0) is 12.6. The molecule has 1 atom stereocenters. The van der Waals surface area contributed by atoms with Crippen molar-refractivity contribution < 1.29 is 4.74 Å². The van der Waals surface area contributed by atoms with Gasteiger partial charge in [0, 0.05) is 0 Å². The minimum atomic E-state index is -0.151. The van der Waals surface area contributed by atoms with Gasteiger partial charge in [-0.05, 0) is 73.0 Å². The molecule has 0 radical (unpaired) electrons. The quantitative estimate of drug-likeness (QED) is 0.750. The molecule has 1 aliphatic carbocycles. The van der Waals surface area contributed by atoms with Gasteiger partial charge >= 0.3 is 0 Å². The normalized spacial score (nSPS) is 17.9. The lowest BCUT2D eigenvalue weighted by molar-refractivity contribution is 0.127. The minimum Gasteiger partial charge on any atom is -0.487 e. The van der Waals surface area contributed by atoms with Crippen LogP contribution in [0.2, 0.25) is 0 Å². The van der Waals surface area contributed by atoms with Crippen molar-refractivity contribution in [3.05, 3.63) is 28.2 Å². The van der Waals surface area contributed by atoms with E-state index in [9.17, 15) is 0 Å². The first-order chi connectivity index (χ1) is 7.88. The predicted octanol–water partition coefficient (Wildman–Crippen LogP) is 5.14. The van der Waals surface area contributed by atoms with Crippen molar-refractivity contribution in [1.82, 2.24) is 0 Å². The van der Waals surface area contributed by atoms with Gasteiger partial charge in [0.15, 0.2) is 0 Å². The molecule has 17 heavy (non-hydrogen) atoms. The van der Waals surface area contributed by atoms with Gasteiger partial charge in [-0.15, -0.1) is 0 Å². The van der Waals surface area contributed by atoms with E-state index >= 15 is 0 Å². The summed E-state index contributed by atoms with van der Waals surface area (Å²) in [5.41, 5.74) is 1.19. The molecule has 94 valence electrons. The molecule has 0 N–H and O–H groups in total. The molecule has 0 spiro atoms. The van der Waals surface area contributed by atoms with E-state index in [1.54, 1.807) is 0 Å². The Morgan fingerprint density at radius 2 is 1.94 bits per heavy atom. The number of hydrogen-bond acceptors (Lipinski definition) is 1. The van der Waals surface area contributed by atoms with Crippen LogP contribution >= 0.6 is 15.9 Å². The van der Waals surface area contributed by atoms with Crippen molar-refractivity contribution in [2.75, 3.05) is 0 Å². The van der Waals surface area contributed by atoms with Gasteiger partial charge in [-0.2, -0.15) is 0 Å². The number of halogens is 1. The topological polar surface area (TPSA) is 9.23 Å². The third kappa shape index (κ3) is 3.25. The van der Waals surface area contributed by atoms with Gasteiger partial charge in [-0.25, -0.2) is 0 Å². The Morgan fingerprint density at radius 1 is 1.29 bits per heavy atom. The van der Waals surface area contributed by atoms with Crippen molar-refractivity contribution in [3.8, 4) is 5.75 Å². The van der Waals surface area contributed by atoms with E-state index < -0.39 is 0 Å². The van der Waals surface area contributed by atoms with E-state index in [0.29, 0.717) is 5.92 Å². The molecule has 0 aromatic heterocycles. The second-order valence-corrected chi connectivity index (χ2v) is 6.85. The molecule has 0 saturated heterocycles. The van der Waals surface area contributed by atoms with Gasteiger partial charge in [0.1, 0.15) is 11.4 Å². The zero-order valence-electron chi connectivity index (χ0n) is 11.1. The number of para-hydroxylation sites is 1. The largest absolute Gasteiger partial charge is 0.487 e. The highest BCUT2D eigenvalue weighted by Crippen LogP contribution is 2.46. The average molecular weight is 297 g/mol. The molecule has 2 rings (SSSR count). The van der Waals surface area contributed by atoms with E-state index in [4.69, 9.17) is 4.74 Å². The number of ether oxygens (including phenoxy) is 1. The van der Waals surface area contributed by atoms with Crippen LogP contribution in [0.1, 0.15) is 52.0 Å². The van der Waals surface area contributed by atoms with Crippen LogP contribution in [-0.4, -0.2) is 5.60 Å². The SMILES string of the molecule is CC(c1cccc(Br)c1OC(C)(C)C)C1CC1. The Balaban J connectivity index is 2.33. The first-order valence-corrected chi connectivity index (χ1v) is 7.15. The first kappa shape index (κ1) is 12.9. The Hall–Kier alpha value is -0.500. The smallest absolute Gasteiger partial charge is 0.137 e. The summed E-state index contributed by atoms with van der Waals surface area (Å²) in [4.78, 5) is 0. The molecule has 2 heteroatoms. The maximum atomic E-state index is 6.12. The van der Waals surface area contributed by atoms with E-state index in [1.807, 2.05) is 0 Å². The van der Waals surface area contributed by atoms with Crippen LogP contribution in [0.25, 0.3) is 0 Å². The van der Waals surface area contributed by atoms with E-state index in [1.165, 1.54) is 18.4 Å². The maximum absolute atomic E-state index is 6.12. The molecule has 1 aromatic carbocycles. The summed E-state index contributed by atoms with van der Waals surface area (Å²) >= 11 is 3.61. The summed E-state index contributed by atoms with van der Waals surface area (Å²) < 4.78 is 7.18. The molecule has 1 nitrogen and oxygen atoms in total. The van der Waals surface area contributed by atoms with Crippen molar-refractivity contribution in [1.29, 1.82) is 0 Å². The van der Waals surface area contributed by atoms with E-state index in [0.717, 1.165) is 16.1 Å². The molecule has 0 amide bonds. The summed E-state index contributed by atoms with van der Waals surface area (Å²) in [6.45, 7) is 8.60. The molecule has 1 aromatic rings. The molecule has 0 heterocycles. The summed E-state index contributed by atoms with van der Waals surface area (Å²) in [7, 11) is 0. The molecule has 0 aliphatic heterocycles. The molecule has 1 fully saturated rings. The lowest BCUT2D eigenvalue weighted by atomic mass is 9.95. The van der Waals surface area contributed by atoms with Crippen LogP contribution in [0.4, 0.5) is 0 Å². The van der Waals surface area contributed by atoms with Crippen LogP contribution in [0.5, 0.6) is 5.75 Å². The van der Waals surface area contributed by atoms with Crippen molar-refractivity contribution in [2.24, 2.45) is 5.92 Å². The summed E-state index contributed by atoms with van der Waals surface area (Å²) in [6, 6.07) is 6.37. The van der Waals surface area contributed by atoms with Crippen molar-refractivity contribution >= 4 is 15.9 Å². The average Bonchev–Trinajstić information content (AvgIpc) is 3.01. The highest BCUT2D eigenvalue weighted by molar-refractivity contribution is 9.10. The predicted molar refractivity (Wildman–Crippen MR) is 75.7 cm³/mol. The molecule has 1 unspecified atom stereocenters. The number of hydrogen-bond donors (Lipinski definition) is 0. The van der Waals surface area contributed by atoms with E-state index in [-0.39, 0.29) is 5.60 Å². The summed E-state index contributed by atoms with van der Waals surface area (Å²) in [6.07, 6.45) is 2.73. The van der Waals surface area contributed by atoms with Gasteiger partial charge in [0.25, 0.3) is 0 Å². The fourth-order valence-electron chi connectivity index (χ4n) is 2.15. The van der Waals surface area contributed by atoms with Crippen LogP contribution in [-0.2, 0) is 0 Å². The second-order valence-electron chi connectivity index (χ2n) is 6.00. The fraction of sp³-hybridized carbons (Fsp3) is 0.600. The molecule has 1 saturated carbocycles. The lowest BCUT2D eigenvalue weighted by Gasteiger charge is -2.26. The molecule has 1 aliphatic rings. The van der Waals surface area contributed by atoms with E-state index in [2.05, 4.69) is 61.8 Å². The second kappa shape index (κ2) is 4.64. The monoisotopic (exact) mass is 296 g/mol. The Kier molecular flexibility index (Phi) is 3.53. The van der Waals surface area contributed by atoms with Gasteiger partial charge in [-0.3, -0.25) is 0 Å². The molecule has 0 bridgehead atoms. The number of rotatable bonds is 3. The van der Waals surface area contributed by atoms with Gasteiger partial charge in [0.2, 0.25) is 0 Å². The first-order valence-electron chi connectivity index (χ1n) is 6.36. The van der Waals surface area contributed by atoms with Gasteiger partial charge in [0.05, 0.1) is 4.47 Å².